The molecule has 1 aliphatic rings. The number of likely N-dealkylation sites (tertiary alicyclic amines) is 1. The molecule has 1 amide bonds. The van der Waals surface area contributed by atoms with Crippen LogP contribution in [0.5, 0.6) is 0 Å². The van der Waals surface area contributed by atoms with E-state index in [1.54, 1.807) is 28.9 Å². The van der Waals surface area contributed by atoms with E-state index in [-0.39, 0.29) is 11.8 Å². The fourth-order valence-electron chi connectivity index (χ4n) is 3.81. The summed E-state index contributed by atoms with van der Waals surface area (Å²) in [6.45, 7) is 2.77. The van der Waals surface area contributed by atoms with Gasteiger partial charge in [-0.2, -0.15) is 5.10 Å². The van der Waals surface area contributed by atoms with E-state index in [9.17, 15) is 9.90 Å². The number of amides is 1. The van der Waals surface area contributed by atoms with Gasteiger partial charge in [0.05, 0.1) is 17.3 Å². The highest BCUT2D eigenvalue weighted by molar-refractivity contribution is 5.93. The van der Waals surface area contributed by atoms with Crippen molar-refractivity contribution in [3.8, 4) is 0 Å². The van der Waals surface area contributed by atoms with Gasteiger partial charge in [-0.15, -0.1) is 0 Å². The van der Waals surface area contributed by atoms with Crippen LogP contribution in [-0.2, 0) is 13.5 Å². The van der Waals surface area contributed by atoms with Crippen LogP contribution in [-0.4, -0.2) is 49.9 Å². The van der Waals surface area contributed by atoms with Crippen LogP contribution in [0.4, 0.5) is 0 Å². The lowest BCUT2D eigenvalue weighted by Crippen LogP contribution is -2.31. The molecular weight excluding hydrogens is 328 g/mol. The second kappa shape index (κ2) is 6.53. The molecule has 2 aromatic heterocycles. The van der Waals surface area contributed by atoms with Crippen LogP contribution in [0.15, 0.2) is 42.6 Å². The Bertz CT molecular complexity index is 960. The minimum absolute atomic E-state index is 0.0130. The average molecular weight is 350 g/mol. The summed E-state index contributed by atoms with van der Waals surface area (Å²) < 4.78 is 1.60. The van der Waals surface area contributed by atoms with Gasteiger partial charge in [0.25, 0.3) is 5.91 Å². The van der Waals surface area contributed by atoms with E-state index in [2.05, 4.69) is 16.1 Å². The molecular formula is C20H22N4O2. The summed E-state index contributed by atoms with van der Waals surface area (Å²) >= 11 is 0. The summed E-state index contributed by atoms with van der Waals surface area (Å²) in [6.07, 6.45) is 2.00. The number of β-amino-alcohol motifs (C(OH)–C–C–N with tert-alkyl or cyclic N) is 1. The van der Waals surface area contributed by atoms with Crippen LogP contribution < -0.4 is 0 Å². The van der Waals surface area contributed by atoms with E-state index in [0.29, 0.717) is 18.8 Å². The first-order valence-corrected chi connectivity index (χ1v) is 8.83. The number of pyridine rings is 1. The van der Waals surface area contributed by atoms with Crippen LogP contribution in [0.1, 0.15) is 21.7 Å². The average Bonchev–Trinajstić information content (AvgIpc) is 3.16. The van der Waals surface area contributed by atoms with Crippen LogP contribution in [0, 0.1) is 12.8 Å². The lowest BCUT2D eigenvalue weighted by Gasteiger charge is -2.16. The molecule has 6 heteroatoms. The first-order valence-electron chi connectivity index (χ1n) is 8.83. The molecule has 0 aliphatic carbocycles. The monoisotopic (exact) mass is 350 g/mol. The van der Waals surface area contributed by atoms with Crippen molar-refractivity contribution in [2.45, 2.75) is 19.4 Å². The Balaban J connectivity index is 1.54. The van der Waals surface area contributed by atoms with Crippen molar-refractivity contribution in [2.24, 2.45) is 13.0 Å². The Morgan fingerprint density at radius 3 is 2.85 bits per heavy atom. The lowest BCUT2D eigenvalue weighted by molar-refractivity contribution is 0.0754. The smallest absolute Gasteiger partial charge is 0.272 e. The number of carbonyl (C=O) groups is 1. The fourth-order valence-corrected chi connectivity index (χ4v) is 3.81. The van der Waals surface area contributed by atoms with Crippen LogP contribution in [0.25, 0.3) is 10.9 Å². The number of benzene rings is 1. The number of aromatic nitrogens is 3. The molecule has 2 unspecified atom stereocenters. The Labute approximate surface area is 152 Å². The molecule has 1 fully saturated rings. The van der Waals surface area contributed by atoms with Crippen molar-refractivity contribution in [3.63, 3.8) is 0 Å². The molecule has 4 rings (SSSR count). The Morgan fingerprint density at radius 1 is 1.27 bits per heavy atom. The zero-order valence-electron chi connectivity index (χ0n) is 15.0. The second-order valence-corrected chi connectivity index (χ2v) is 7.02. The van der Waals surface area contributed by atoms with Gasteiger partial charge in [0.15, 0.2) is 0 Å². The number of hydrogen-bond acceptors (Lipinski definition) is 4. The lowest BCUT2D eigenvalue weighted by atomic mass is 9.94. The van der Waals surface area contributed by atoms with Gasteiger partial charge in [-0.3, -0.25) is 14.5 Å². The number of aryl methyl sites for hydroxylation is 2. The normalized spacial score (nSPS) is 20.0. The molecule has 1 aliphatic heterocycles. The molecule has 1 saturated heterocycles. The number of para-hydroxylation sites is 1. The molecule has 3 aromatic rings. The van der Waals surface area contributed by atoms with Crippen molar-refractivity contribution in [1.29, 1.82) is 0 Å². The van der Waals surface area contributed by atoms with Crippen LogP contribution >= 0.6 is 0 Å². The highest BCUT2D eigenvalue weighted by Gasteiger charge is 2.35. The zero-order chi connectivity index (χ0) is 18.3. The van der Waals surface area contributed by atoms with E-state index in [1.165, 1.54) is 0 Å². The summed E-state index contributed by atoms with van der Waals surface area (Å²) in [5, 5.41) is 15.9. The molecule has 1 aromatic carbocycles. The molecule has 3 heterocycles. The second-order valence-electron chi connectivity index (χ2n) is 7.02. The number of rotatable bonds is 3. The maximum absolute atomic E-state index is 12.8. The molecule has 134 valence electrons. The number of fused-ring (bicyclic) bond motifs is 1. The molecule has 1 N–H and O–H groups in total. The van der Waals surface area contributed by atoms with Gasteiger partial charge in [0, 0.05) is 37.6 Å². The molecule has 0 saturated carbocycles. The number of hydrogen-bond donors (Lipinski definition) is 1. The van der Waals surface area contributed by atoms with Crippen molar-refractivity contribution in [3.05, 3.63) is 59.5 Å². The maximum atomic E-state index is 12.8. The third kappa shape index (κ3) is 2.97. The minimum Gasteiger partial charge on any atom is -0.391 e. The largest absolute Gasteiger partial charge is 0.391 e. The van der Waals surface area contributed by atoms with Gasteiger partial charge in [0.2, 0.25) is 0 Å². The number of carbonyl (C=O) groups excluding carboxylic acids is 1. The van der Waals surface area contributed by atoms with Gasteiger partial charge in [-0.1, -0.05) is 18.2 Å². The first kappa shape index (κ1) is 16.7. The number of aliphatic hydroxyl groups is 1. The van der Waals surface area contributed by atoms with E-state index in [4.69, 9.17) is 0 Å². The minimum atomic E-state index is -0.528. The van der Waals surface area contributed by atoms with E-state index in [0.717, 1.165) is 28.6 Å². The molecule has 6 nitrogen and oxygen atoms in total. The van der Waals surface area contributed by atoms with Crippen molar-refractivity contribution >= 4 is 16.8 Å². The van der Waals surface area contributed by atoms with Gasteiger partial charge in [0.1, 0.15) is 5.69 Å². The topological polar surface area (TPSA) is 71.2 Å². The van der Waals surface area contributed by atoms with Crippen molar-refractivity contribution in [1.82, 2.24) is 19.7 Å². The summed E-state index contributed by atoms with van der Waals surface area (Å²) in [6, 6.07) is 11.8. The maximum Gasteiger partial charge on any atom is 0.272 e. The third-order valence-electron chi connectivity index (χ3n) is 5.14. The Morgan fingerprint density at radius 2 is 2.08 bits per heavy atom. The third-order valence-corrected chi connectivity index (χ3v) is 5.14. The quantitative estimate of drug-likeness (QED) is 0.784. The molecule has 0 radical (unpaired) electrons. The predicted octanol–water partition coefficient (Wildman–Crippen LogP) is 1.95. The number of nitrogens with zero attached hydrogens (tertiary/aromatic N) is 4. The van der Waals surface area contributed by atoms with Crippen LogP contribution in [0.2, 0.25) is 0 Å². The van der Waals surface area contributed by atoms with Crippen molar-refractivity contribution < 1.29 is 9.90 Å². The Kier molecular flexibility index (Phi) is 4.20. The fraction of sp³-hybridized carbons (Fsp3) is 0.350. The summed E-state index contributed by atoms with van der Waals surface area (Å²) in [5.41, 5.74) is 3.49. The molecule has 2 atom stereocenters. The first-order chi connectivity index (χ1) is 12.5. The highest BCUT2D eigenvalue weighted by Crippen LogP contribution is 2.26. The Hall–Kier alpha value is -2.73. The van der Waals surface area contributed by atoms with E-state index < -0.39 is 6.10 Å². The highest BCUT2D eigenvalue weighted by atomic mass is 16.3. The van der Waals surface area contributed by atoms with Crippen molar-refractivity contribution in [2.75, 3.05) is 13.1 Å². The zero-order valence-corrected chi connectivity index (χ0v) is 15.0. The van der Waals surface area contributed by atoms with Gasteiger partial charge in [-0.25, -0.2) is 0 Å². The number of aliphatic hydroxyl groups excluding tert-OH is 1. The van der Waals surface area contributed by atoms with Crippen LogP contribution in [0.3, 0.4) is 0 Å². The summed E-state index contributed by atoms with van der Waals surface area (Å²) in [5.74, 6) is -0.0617. The van der Waals surface area contributed by atoms with E-state index in [1.807, 2.05) is 31.2 Å². The SMILES string of the molecule is Cc1cc(C(=O)N2CC(O)C(Cc3ccnc4ccccc34)C2)n(C)n1. The van der Waals surface area contributed by atoms with Gasteiger partial charge in [-0.05, 0) is 37.1 Å². The molecule has 26 heavy (non-hydrogen) atoms. The van der Waals surface area contributed by atoms with Gasteiger partial charge >= 0.3 is 0 Å². The molecule has 0 bridgehead atoms. The van der Waals surface area contributed by atoms with E-state index >= 15 is 0 Å². The summed E-state index contributed by atoms with van der Waals surface area (Å²) in [4.78, 5) is 18.9. The van der Waals surface area contributed by atoms with Gasteiger partial charge < -0.3 is 10.0 Å². The molecule has 0 spiro atoms. The standard InChI is InChI=1S/C20H22N4O2/c1-13-9-18(23(2)22-13)20(26)24-11-15(19(25)12-24)10-14-7-8-21-17-6-4-3-5-16(14)17/h3-9,15,19,25H,10-12H2,1-2H3. The predicted molar refractivity (Wildman–Crippen MR) is 98.8 cm³/mol. The summed E-state index contributed by atoms with van der Waals surface area (Å²) in [7, 11) is 1.77.